The molecule has 2 heterocycles. The van der Waals surface area contributed by atoms with Gasteiger partial charge >= 0.3 is 0 Å². The number of aromatic nitrogens is 2. The van der Waals surface area contributed by atoms with Crippen LogP contribution in [0.4, 0.5) is 5.82 Å². The number of hydrogen-bond donors (Lipinski definition) is 1. The van der Waals surface area contributed by atoms with Crippen molar-refractivity contribution < 1.29 is 0 Å². The Labute approximate surface area is 96.6 Å². The molecule has 0 radical (unpaired) electrons. The molecule has 0 amide bonds. The van der Waals surface area contributed by atoms with Crippen molar-refractivity contribution in [3.63, 3.8) is 0 Å². The lowest BCUT2D eigenvalue weighted by atomic mass is 10.1. The van der Waals surface area contributed by atoms with Crippen molar-refractivity contribution in [1.29, 1.82) is 0 Å². The molecule has 0 unspecified atom stereocenters. The summed E-state index contributed by atoms with van der Waals surface area (Å²) in [6.07, 6.45) is 1.86. The van der Waals surface area contributed by atoms with E-state index in [4.69, 9.17) is 5.73 Å². The molecule has 0 saturated carbocycles. The summed E-state index contributed by atoms with van der Waals surface area (Å²) >= 11 is 1.62. The molecule has 0 spiro atoms. The van der Waals surface area contributed by atoms with Gasteiger partial charge in [0, 0.05) is 11.6 Å². The smallest absolute Gasteiger partial charge is 0.124 e. The lowest BCUT2D eigenvalue weighted by Gasteiger charge is -2.01. The van der Waals surface area contributed by atoms with E-state index in [9.17, 15) is 0 Å². The first-order valence-corrected chi connectivity index (χ1v) is 5.76. The van der Waals surface area contributed by atoms with E-state index in [0.717, 1.165) is 21.3 Å². The highest BCUT2D eigenvalue weighted by Gasteiger charge is 2.02. The Hall–Kier alpha value is -1.94. The minimum absolute atomic E-state index is 0.550. The van der Waals surface area contributed by atoms with Gasteiger partial charge < -0.3 is 5.73 Å². The van der Waals surface area contributed by atoms with E-state index < -0.39 is 0 Å². The molecule has 0 atom stereocenters. The molecule has 4 heteroatoms. The van der Waals surface area contributed by atoms with Gasteiger partial charge in [-0.05, 0) is 23.8 Å². The zero-order chi connectivity index (χ0) is 11.0. The van der Waals surface area contributed by atoms with Crippen molar-refractivity contribution in [3.05, 3.63) is 42.0 Å². The lowest BCUT2D eigenvalue weighted by molar-refractivity contribution is 1.41. The van der Waals surface area contributed by atoms with Crippen LogP contribution in [0.25, 0.3) is 21.3 Å². The van der Waals surface area contributed by atoms with Crippen molar-refractivity contribution in [2.24, 2.45) is 0 Å². The van der Waals surface area contributed by atoms with Crippen molar-refractivity contribution >= 4 is 28.1 Å². The average molecular weight is 227 g/mol. The minimum atomic E-state index is 0.550. The van der Waals surface area contributed by atoms with Gasteiger partial charge in [-0.25, -0.2) is 4.98 Å². The summed E-state index contributed by atoms with van der Waals surface area (Å²) in [5, 5.41) is 1.10. The van der Waals surface area contributed by atoms with E-state index in [2.05, 4.69) is 22.1 Å². The van der Waals surface area contributed by atoms with Gasteiger partial charge in [-0.3, -0.25) is 4.98 Å². The Morgan fingerprint density at radius 3 is 2.81 bits per heavy atom. The number of rotatable bonds is 1. The fourth-order valence-corrected chi connectivity index (χ4v) is 2.26. The highest BCUT2D eigenvalue weighted by atomic mass is 32.1. The lowest BCUT2D eigenvalue weighted by Crippen LogP contribution is -1.89. The molecule has 3 nitrogen and oxygen atoms in total. The van der Waals surface area contributed by atoms with Crippen LogP contribution >= 0.6 is 11.3 Å². The van der Waals surface area contributed by atoms with E-state index in [0.29, 0.717) is 5.82 Å². The first-order chi connectivity index (χ1) is 7.83. The van der Waals surface area contributed by atoms with Crippen LogP contribution < -0.4 is 5.73 Å². The Morgan fingerprint density at radius 1 is 1.12 bits per heavy atom. The maximum absolute atomic E-state index is 5.67. The summed E-state index contributed by atoms with van der Waals surface area (Å²) in [7, 11) is 0. The maximum atomic E-state index is 5.67. The van der Waals surface area contributed by atoms with Gasteiger partial charge in [0.1, 0.15) is 5.82 Å². The van der Waals surface area contributed by atoms with Gasteiger partial charge in [-0.2, -0.15) is 0 Å². The molecule has 0 aliphatic rings. The fraction of sp³-hybridized carbons (Fsp3) is 0. The van der Waals surface area contributed by atoms with Crippen LogP contribution in [0.5, 0.6) is 0 Å². The SMILES string of the molecule is Nc1ccc2ccc(-c3cncs3)cc2n1. The van der Waals surface area contributed by atoms with Crippen molar-refractivity contribution in [2.45, 2.75) is 0 Å². The second-order valence-corrected chi connectivity index (χ2v) is 4.40. The van der Waals surface area contributed by atoms with Crippen molar-refractivity contribution in [2.75, 3.05) is 5.73 Å². The first-order valence-electron chi connectivity index (χ1n) is 4.88. The summed E-state index contributed by atoms with van der Waals surface area (Å²) in [5.41, 5.74) is 9.55. The third-order valence-corrected chi connectivity index (χ3v) is 3.25. The van der Waals surface area contributed by atoms with E-state index in [1.807, 2.05) is 29.9 Å². The predicted octanol–water partition coefficient (Wildman–Crippen LogP) is 2.94. The average Bonchev–Trinajstić information content (AvgIpc) is 2.81. The van der Waals surface area contributed by atoms with Gasteiger partial charge in [0.15, 0.2) is 0 Å². The van der Waals surface area contributed by atoms with Crippen LogP contribution in [-0.2, 0) is 0 Å². The molecule has 16 heavy (non-hydrogen) atoms. The second-order valence-electron chi connectivity index (χ2n) is 3.51. The molecule has 0 saturated heterocycles. The molecule has 0 aliphatic heterocycles. The Kier molecular flexibility index (Phi) is 2.08. The molecule has 2 aromatic heterocycles. The monoisotopic (exact) mass is 227 g/mol. The van der Waals surface area contributed by atoms with Crippen LogP contribution in [0.2, 0.25) is 0 Å². The topological polar surface area (TPSA) is 51.8 Å². The summed E-state index contributed by atoms with van der Waals surface area (Å²) in [6, 6.07) is 9.96. The molecular weight excluding hydrogens is 218 g/mol. The van der Waals surface area contributed by atoms with Gasteiger partial charge in [0.2, 0.25) is 0 Å². The fourth-order valence-electron chi connectivity index (χ4n) is 1.64. The van der Waals surface area contributed by atoms with E-state index >= 15 is 0 Å². The second kappa shape index (κ2) is 3.57. The molecule has 0 fully saturated rings. The summed E-state index contributed by atoms with van der Waals surface area (Å²) in [5.74, 6) is 0.550. The molecule has 3 aromatic rings. The number of nitrogens with two attached hydrogens (primary N) is 1. The molecule has 1 aromatic carbocycles. The third kappa shape index (κ3) is 1.53. The highest BCUT2D eigenvalue weighted by Crippen LogP contribution is 2.26. The van der Waals surface area contributed by atoms with E-state index in [-0.39, 0.29) is 0 Å². The predicted molar refractivity (Wildman–Crippen MR) is 67.3 cm³/mol. The van der Waals surface area contributed by atoms with Crippen molar-refractivity contribution in [3.8, 4) is 10.4 Å². The van der Waals surface area contributed by atoms with Crippen molar-refractivity contribution in [1.82, 2.24) is 9.97 Å². The first kappa shape index (κ1) is 9.30. The Balaban J connectivity index is 2.22. The summed E-state index contributed by atoms with van der Waals surface area (Å²) in [6.45, 7) is 0. The number of pyridine rings is 1. The molecule has 0 bridgehead atoms. The summed E-state index contributed by atoms with van der Waals surface area (Å²) in [4.78, 5) is 9.52. The van der Waals surface area contributed by atoms with Gasteiger partial charge in [-0.15, -0.1) is 11.3 Å². The molecular formula is C12H9N3S. The number of nitrogens with zero attached hydrogens (tertiary/aromatic N) is 2. The third-order valence-electron chi connectivity index (χ3n) is 2.43. The highest BCUT2D eigenvalue weighted by molar-refractivity contribution is 7.13. The largest absolute Gasteiger partial charge is 0.384 e. The van der Waals surface area contributed by atoms with Crippen LogP contribution in [0.15, 0.2) is 42.0 Å². The maximum Gasteiger partial charge on any atom is 0.124 e. The van der Waals surface area contributed by atoms with E-state index in [1.54, 1.807) is 11.3 Å². The van der Waals surface area contributed by atoms with Crippen LogP contribution in [0.3, 0.4) is 0 Å². The van der Waals surface area contributed by atoms with Gasteiger partial charge in [-0.1, -0.05) is 12.1 Å². The molecule has 2 N–H and O–H groups in total. The standard InChI is InChI=1S/C12H9N3S/c13-12-4-3-8-1-2-9(5-10(8)15-12)11-6-14-7-16-11/h1-7H,(H2,13,15). The number of thiazole rings is 1. The van der Waals surface area contributed by atoms with E-state index in [1.165, 1.54) is 0 Å². The molecule has 0 aliphatic carbocycles. The Morgan fingerprint density at radius 2 is 2.00 bits per heavy atom. The van der Waals surface area contributed by atoms with Crippen LogP contribution in [0, 0.1) is 0 Å². The normalized spacial score (nSPS) is 10.8. The van der Waals surface area contributed by atoms with Gasteiger partial charge in [0.05, 0.1) is 15.9 Å². The number of fused-ring (bicyclic) bond motifs is 1. The molecule has 78 valence electrons. The minimum Gasteiger partial charge on any atom is -0.384 e. The zero-order valence-electron chi connectivity index (χ0n) is 8.42. The van der Waals surface area contributed by atoms with Gasteiger partial charge in [0.25, 0.3) is 0 Å². The summed E-state index contributed by atoms with van der Waals surface area (Å²) < 4.78 is 0. The van der Waals surface area contributed by atoms with Crippen LogP contribution in [0.1, 0.15) is 0 Å². The number of benzene rings is 1. The number of hydrogen-bond acceptors (Lipinski definition) is 4. The molecule has 3 rings (SSSR count). The number of nitrogen functional groups attached to an aromatic ring is 1. The zero-order valence-corrected chi connectivity index (χ0v) is 9.24. The van der Waals surface area contributed by atoms with Crippen LogP contribution in [-0.4, -0.2) is 9.97 Å². The number of anilines is 1. The Bertz CT molecular complexity index is 632. The quantitative estimate of drug-likeness (QED) is 0.695.